The molecule has 0 aliphatic carbocycles. The Morgan fingerprint density at radius 1 is 1.30 bits per heavy atom. The van der Waals surface area contributed by atoms with Crippen LogP contribution in [0.3, 0.4) is 0 Å². The van der Waals surface area contributed by atoms with Crippen molar-refractivity contribution in [3.8, 4) is 0 Å². The number of piperazine rings is 1. The quantitative estimate of drug-likeness (QED) is 0.825. The number of anilines is 1. The van der Waals surface area contributed by atoms with Crippen LogP contribution in [0.25, 0.3) is 10.9 Å². The van der Waals surface area contributed by atoms with Gasteiger partial charge in [0.15, 0.2) is 0 Å². The van der Waals surface area contributed by atoms with E-state index in [0.717, 1.165) is 22.9 Å². The van der Waals surface area contributed by atoms with Crippen molar-refractivity contribution in [2.24, 2.45) is 0 Å². The highest BCUT2D eigenvalue weighted by Crippen LogP contribution is 2.26. The fourth-order valence-electron chi connectivity index (χ4n) is 3.78. The van der Waals surface area contributed by atoms with Crippen molar-refractivity contribution in [3.05, 3.63) is 30.1 Å². The van der Waals surface area contributed by atoms with E-state index in [0.29, 0.717) is 25.3 Å². The molecule has 1 saturated heterocycles. The maximum Gasteiger partial charge on any atom is 0.411 e. The molecule has 0 bridgehead atoms. The van der Waals surface area contributed by atoms with Crippen LogP contribution in [0.5, 0.6) is 0 Å². The molecule has 1 fully saturated rings. The van der Waals surface area contributed by atoms with Crippen LogP contribution in [-0.4, -0.2) is 56.0 Å². The van der Waals surface area contributed by atoms with E-state index in [1.165, 1.54) is 6.33 Å². The lowest BCUT2D eigenvalue weighted by Crippen LogP contribution is -2.62. The molecule has 0 radical (unpaired) electrons. The van der Waals surface area contributed by atoms with Gasteiger partial charge in [0.1, 0.15) is 23.8 Å². The minimum Gasteiger partial charge on any atom is -0.444 e. The number of rotatable bonds is 4. The zero-order valence-corrected chi connectivity index (χ0v) is 18.4. The number of fused-ring (bicyclic) bond motifs is 1. The van der Waals surface area contributed by atoms with E-state index in [1.807, 2.05) is 57.7 Å². The maximum absolute atomic E-state index is 13.4. The second-order valence-corrected chi connectivity index (χ2v) is 8.86. The molecule has 8 nitrogen and oxygen atoms in total. The van der Waals surface area contributed by atoms with Gasteiger partial charge in [0.2, 0.25) is 5.91 Å². The summed E-state index contributed by atoms with van der Waals surface area (Å²) in [5.74, 6) is 0.383. The molecule has 2 aromatic rings. The monoisotopic (exact) mass is 413 g/mol. The predicted octanol–water partition coefficient (Wildman–Crippen LogP) is 3.35. The smallest absolute Gasteiger partial charge is 0.411 e. The van der Waals surface area contributed by atoms with Crippen molar-refractivity contribution >= 4 is 28.7 Å². The minimum absolute atomic E-state index is 0.0521. The topological polar surface area (TPSA) is 102 Å². The molecule has 1 aromatic carbocycles. The van der Waals surface area contributed by atoms with Gasteiger partial charge >= 0.3 is 6.09 Å². The van der Waals surface area contributed by atoms with Gasteiger partial charge in [0.25, 0.3) is 0 Å². The molecule has 8 heteroatoms. The number of amides is 2. The molecule has 2 atom stereocenters. The van der Waals surface area contributed by atoms with Gasteiger partial charge in [-0.15, -0.1) is 0 Å². The summed E-state index contributed by atoms with van der Waals surface area (Å²) in [5.41, 5.74) is 7.01. The molecule has 0 spiro atoms. The summed E-state index contributed by atoms with van der Waals surface area (Å²) in [6, 6.07) is 5.11. The van der Waals surface area contributed by atoms with Crippen LogP contribution >= 0.6 is 0 Å². The minimum atomic E-state index is -0.605. The number of ether oxygens (including phenoxy) is 1. The summed E-state index contributed by atoms with van der Waals surface area (Å²) in [6.45, 7) is 10.3. The second-order valence-electron chi connectivity index (χ2n) is 8.86. The number of aromatic nitrogens is 2. The van der Waals surface area contributed by atoms with Crippen LogP contribution < -0.4 is 5.73 Å². The third kappa shape index (κ3) is 4.63. The Hall–Kier alpha value is -2.90. The SMILES string of the molecule is CCCC1C(=O)N(Cc2ccc3c(N)ncnc3c2)C(C)CN1C(=O)OC(C)(C)C. The fraction of sp³-hybridized carbons (Fsp3) is 0.545. The van der Waals surface area contributed by atoms with Gasteiger partial charge in [-0.05, 0) is 51.8 Å². The second kappa shape index (κ2) is 8.45. The highest BCUT2D eigenvalue weighted by atomic mass is 16.6. The number of nitrogens with two attached hydrogens (primary N) is 1. The molecule has 2 N–H and O–H groups in total. The maximum atomic E-state index is 13.4. The molecular weight excluding hydrogens is 382 g/mol. The zero-order chi connectivity index (χ0) is 22.1. The van der Waals surface area contributed by atoms with E-state index in [2.05, 4.69) is 9.97 Å². The van der Waals surface area contributed by atoms with Crippen LogP contribution in [0.2, 0.25) is 0 Å². The normalized spacial score (nSPS) is 20.0. The van der Waals surface area contributed by atoms with E-state index in [1.54, 1.807) is 4.90 Å². The molecule has 3 rings (SSSR count). The van der Waals surface area contributed by atoms with Crippen LogP contribution in [0.15, 0.2) is 24.5 Å². The van der Waals surface area contributed by atoms with Crippen LogP contribution in [0, 0.1) is 0 Å². The van der Waals surface area contributed by atoms with E-state index in [-0.39, 0.29) is 11.9 Å². The van der Waals surface area contributed by atoms with Crippen molar-refractivity contribution in [2.75, 3.05) is 12.3 Å². The van der Waals surface area contributed by atoms with Gasteiger partial charge in [-0.1, -0.05) is 19.4 Å². The first-order valence-corrected chi connectivity index (χ1v) is 10.4. The van der Waals surface area contributed by atoms with Gasteiger partial charge in [0, 0.05) is 24.5 Å². The Bertz CT molecular complexity index is 940. The van der Waals surface area contributed by atoms with Crippen LogP contribution in [0.1, 0.15) is 53.0 Å². The van der Waals surface area contributed by atoms with Crippen molar-refractivity contribution in [1.82, 2.24) is 19.8 Å². The number of carbonyl (C=O) groups excluding carboxylic acids is 2. The largest absolute Gasteiger partial charge is 0.444 e. The zero-order valence-electron chi connectivity index (χ0n) is 18.4. The average Bonchev–Trinajstić information content (AvgIpc) is 2.66. The van der Waals surface area contributed by atoms with E-state index >= 15 is 0 Å². The Morgan fingerprint density at radius 2 is 2.03 bits per heavy atom. The summed E-state index contributed by atoms with van der Waals surface area (Å²) in [5, 5.41) is 0.791. The highest BCUT2D eigenvalue weighted by Gasteiger charge is 2.41. The number of nitrogens with zero attached hydrogens (tertiary/aromatic N) is 4. The lowest BCUT2D eigenvalue weighted by Gasteiger charge is -2.44. The Morgan fingerprint density at radius 3 is 2.70 bits per heavy atom. The summed E-state index contributed by atoms with van der Waals surface area (Å²) in [6.07, 6.45) is 2.40. The first-order chi connectivity index (χ1) is 14.1. The first-order valence-electron chi connectivity index (χ1n) is 10.4. The van der Waals surface area contributed by atoms with Gasteiger partial charge in [-0.2, -0.15) is 0 Å². The van der Waals surface area contributed by atoms with Gasteiger partial charge in [-0.3, -0.25) is 9.69 Å². The number of hydrogen-bond donors (Lipinski definition) is 1. The third-order valence-corrected chi connectivity index (χ3v) is 5.21. The summed E-state index contributed by atoms with van der Waals surface area (Å²) in [4.78, 5) is 37.8. The molecule has 162 valence electrons. The molecule has 30 heavy (non-hydrogen) atoms. The number of carbonyl (C=O) groups is 2. The molecule has 0 saturated carbocycles. The third-order valence-electron chi connectivity index (χ3n) is 5.21. The van der Waals surface area contributed by atoms with Crippen molar-refractivity contribution in [1.29, 1.82) is 0 Å². The molecule has 1 aliphatic heterocycles. The standard InChI is InChI=1S/C22H31N5O3/c1-6-7-18-20(28)26(14(2)11-27(18)21(29)30-22(3,4)5)12-15-8-9-16-17(10-15)24-13-25-19(16)23/h8-10,13-14,18H,6-7,11-12H2,1-5H3,(H2,23,24,25). The summed E-state index contributed by atoms with van der Waals surface area (Å²) < 4.78 is 5.55. The molecule has 2 amide bonds. The summed E-state index contributed by atoms with van der Waals surface area (Å²) >= 11 is 0. The average molecular weight is 414 g/mol. The fourth-order valence-corrected chi connectivity index (χ4v) is 3.78. The van der Waals surface area contributed by atoms with E-state index < -0.39 is 17.7 Å². The number of hydrogen-bond acceptors (Lipinski definition) is 6. The van der Waals surface area contributed by atoms with Crippen molar-refractivity contribution in [2.45, 2.75) is 71.7 Å². The Labute approximate surface area is 177 Å². The van der Waals surface area contributed by atoms with Crippen molar-refractivity contribution < 1.29 is 14.3 Å². The Kier molecular flexibility index (Phi) is 6.14. The lowest BCUT2D eigenvalue weighted by molar-refractivity contribution is -0.146. The summed E-state index contributed by atoms with van der Waals surface area (Å²) in [7, 11) is 0. The van der Waals surface area contributed by atoms with E-state index in [4.69, 9.17) is 10.5 Å². The van der Waals surface area contributed by atoms with Gasteiger partial charge < -0.3 is 15.4 Å². The molecule has 2 unspecified atom stereocenters. The van der Waals surface area contributed by atoms with Gasteiger partial charge in [-0.25, -0.2) is 14.8 Å². The number of nitrogen functional groups attached to an aromatic ring is 1. The first kappa shape index (κ1) is 21.8. The molecular formula is C22H31N5O3. The molecule has 2 heterocycles. The Balaban J connectivity index is 1.83. The van der Waals surface area contributed by atoms with Crippen molar-refractivity contribution in [3.63, 3.8) is 0 Å². The van der Waals surface area contributed by atoms with E-state index in [9.17, 15) is 9.59 Å². The van der Waals surface area contributed by atoms with Crippen LogP contribution in [0.4, 0.5) is 10.6 Å². The molecule has 1 aromatic heterocycles. The van der Waals surface area contributed by atoms with Gasteiger partial charge in [0.05, 0.1) is 5.52 Å². The lowest BCUT2D eigenvalue weighted by atomic mass is 10.0. The van der Waals surface area contributed by atoms with Crippen LogP contribution in [-0.2, 0) is 16.1 Å². The molecule has 1 aliphatic rings. The number of benzene rings is 1. The predicted molar refractivity (Wildman–Crippen MR) is 116 cm³/mol. The highest BCUT2D eigenvalue weighted by molar-refractivity contribution is 5.89.